The molecule has 1 unspecified atom stereocenters. The van der Waals surface area contributed by atoms with E-state index in [1.807, 2.05) is 4.72 Å². The average Bonchev–Trinajstić information content (AvgIpc) is 3.08. The molecule has 1 aromatic heterocycles. The number of amides is 2. The Bertz CT molecular complexity index is 1140. The van der Waals surface area contributed by atoms with Crippen molar-refractivity contribution >= 4 is 27.5 Å². The number of alkyl halides is 3. The Morgan fingerprint density at radius 2 is 2.03 bits per heavy atom. The lowest BCUT2D eigenvalue weighted by Gasteiger charge is -2.29. The molecule has 31 heavy (non-hydrogen) atoms. The van der Waals surface area contributed by atoms with Gasteiger partial charge in [-0.25, -0.2) is 13.1 Å². The van der Waals surface area contributed by atoms with Crippen LogP contribution in [0.3, 0.4) is 0 Å². The zero-order valence-electron chi connectivity index (χ0n) is 16.6. The van der Waals surface area contributed by atoms with Gasteiger partial charge in [0.1, 0.15) is 12.3 Å². The van der Waals surface area contributed by atoms with Crippen LogP contribution >= 0.6 is 0 Å². The van der Waals surface area contributed by atoms with Gasteiger partial charge in [0.05, 0.1) is 10.6 Å². The SMILES string of the molecule is Cc1cc2c(cc1S(=O)(=O)NC(=O)Cn1ccc(C(F)(F)F)n1)OC(C(C)C)C(=O)N2. The molecule has 1 atom stereocenters. The van der Waals surface area contributed by atoms with E-state index in [0.29, 0.717) is 16.4 Å². The van der Waals surface area contributed by atoms with Gasteiger partial charge in [-0.1, -0.05) is 13.8 Å². The number of ether oxygens (including phenoxy) is 1. The number of rotatable bonds is 5. The van der Waals surface area contributed by atoms with Crippen molar-refractivity contribution in [3.8, 4) is 5.75 Å². The maximum absolute atomic E-state index is 12.7. The second kappa shape index (κ2) is 7.87. The Labute approximate surface area is 175 Å². The first-order valence-electron chi connectivity index (χ1n) is 9.06. The van der Waals surface area contributed by atoms with Crippen LogP contribution in [-0.2, 0) is 32.3 Å². The molecule has 2 amide bonds. The van der Waals surface area contributed by atoms with Crippen LogP contribution in [-0.4, -0.2) is 36.1 Å². The number of nitrogens with one attached hydrogen (secondary N) is 2. The second-order valence-corrected chi connectivity index (χ2v) is 8.96. The van der Waals surface area contributed by atoms with Crippen LogP contribution in [0.25, 0.3) is 0 Å². The van der Waals surface area contributed by atoms with Crippen LogP contribution in [0.5, 0.6) is 5.75 Å². The van der Waals surface area contributed by atoms with Crippen molar-refractivity contribution in [3.05, 3.63) is 35.7 Å². The Balaban J connectivity index is 1.80. The number of carbonyl (C=O) groups excluding carboxylic acids is 2. The fourth-order valence-electron chi connectivity index (χ4n) is 2.97. The summed E-state index contributed by atoms with van der Waals surface area (Å²) in [6.45, 7) is 4.26. The van der Waals surface area contributed by atoms with Crippen molar-refractivity contribution in [2.45, 2.75) is 44.5 Å². The molecule has 0 saturated carbocycles. The highest BCUT2D eigenvalue weighted by Crippen LogP contribution is 2.35. The molecule has 2 heterocycles. The lowest BCUT2D eigenvalue weighted by atomic mass is 10.0. The Hall–Kier alpha value is -3.09. The number of anilines is 1. The van der Waals surface area contributed by atoms with Gasteiger partial charge in [0.25, 0.3) is 21.8 Å². The van der Waals surface area contributed by atoms with Gasteiger partial charge in [-0.05, 0) is 30.5 Å². The van der Waals surface area contributed by atoms with Crippen molar-refractivity contribution in [1.29, 1.82) is 0 Å². The summed E-state index contributed by atoms with van der Waals surface area (Å²) in [4.78, 5) is 23.9. The molecule has 168 valence electrons. The van der Waals surface area contributed by atoms with E-state index in [0.717, 1.165) is 6.20 Å². The summed E-state index contributed by atoms with van der Waals surface area (Å²) in [6.07, 6.45) is -4.58. The van der Waals surface area contributed by atoms with Gasteiger partial charge in [0, 0.05) is 12.3 Å². The fourth-order valence-corrected chi connectivity index (χ4v) is 4.19. The lowest BCUT2D eigenvalue weighted by Crippen LogP contribution is -2.41. The number of aromatic nitrogens is 2. The number of aryl methyl sites for hydroxylation is 1. The summed E-state index contributed by atoms with van der Waals surface area (Å²) in [5, 5.41) is 5.86. The van der Waals surface area contributed by atoms with E-state index in [2.05, 4.69) is 10.4 Å². The highest BCUT2D eigenvalue weighted by atomic mass is 32.2. The maximum atomic E-state index is 12.7. The molecule has 0 bridgehead atoms. The molecule has 2 aromatic rings. The average molecular weight is 460 g/mol. The van der Waals surface area contributed by atoms with E-state index in [1.165, 1.54) is 19.1 Å². The van der Waals surface area contributed by atoms with Crippen LogP contribution in [0.15, 0.2) is 29.3 Å². The minimum absolute atomic E-state index is 0.124. The predicted octanol–water partition coefficient (Wildman–Crippen LogP) is 2.07. The number of benzene rings is 1. The topological polar surface area (TPSA) is 119 Å². The monoisotopic (exact) mass is 460 g/mol. The normalized spacial score (nSPS) is 16.5. The van der Waals surface area contributed by atoms with Crippen LogP contribution in [0.1, 0.15) is 25.1 Å². The summed E-state index contributed by atoms with van der Waals surface area (Å²) >= 11 is 0. The summed E-state index contributed by atoms with van der Waals surface area (Å²) in [5.41, 5.74) is -0.683. The van der Waals surface area contributed by atoms with E-state index in [1.54, 1.807) is 13.8 Å². The van der Waals surface area contributed by atoms with Gasteiger partial charge in [-0.2, -0.15) is 18.3 Å². The largest absolute Gasteiger partial charge is 0.478 e. The smallest absolute Gasteiger partial charge is 0.435 e. The van der Waals surface area contributed by atoms with Gasteiger partial charge in [0.15, 0.2) is 11.8 Å². The lowest BCUT2D eigenvalue weighted by molar-refractivity contribution is -0.141. The predicted molar refractivity (Wildman–Crippen MR) is 102 cm³/mol. The third-order valence-corrected chi connectivity index (χ3v) is 5.94. The molecule has 0 fully saturated rings. The molecule has 9 nitrogen and oxygen atoms in total. The zero-order valence-corrected chi connectivity index (χ0v) is 17.5. The van der Waals surface area contributed by atoms with E-state index < -0.39 is 40.4 Å². The molecule has 3 rings (SSSR count). The first-order valence-corrected chi connectivity index (χ1v) is 10.5. The molecular weight excluding hydrogens is 441 g/mol. The molecule has 0 spiro atoms. The number of hydrogen-bond acceptors (Lipinski definition) is 6. The van der Waals surface area contributed by atoms with Gasteiger partial charge < -0.3 is 10.1 Å². The molecule has 1 aromatic carbocycles. The first-order chi connectivity index (χ1) is 14.3. The second-order valence-electron chi connectivity index (χ2n) is 7.31. The molecule has 13 heteroatoms. The van der Waals surface area contributed by atoms with E-state index in [-0.39, 0.29) is 28.0 Å². The van der Waals surface area contributed by atoms with Crippen molar-refractivity contribution in [2.24, 2.45) is 5.92 Å². The molecule has 1 aliphatic rings. The zero-order chi connectivity index (χ0) is 23.1. The van der Waals surface area contributed by atoms with Gasteiger partial charge >= 0.3 is 6.18 Å². The van der Waals surface area contributed by atoms with Crippen LogP contribution in [0, 0.1) is 12.8 Å². The summed E-state index contributed by atoms with van der Waals surface area (Å²) in [6, 6.07) is 3.25. The van der Waals surface area contributed by atoms with Crippen LogP contribution < -0.4 is 14.8 Å². The molecule has 0 aliphatic carbocycles. The number of nitrogens with zero attached hydrogens (tertiary/aromatic N) is 2. The standard InChI is InChI=1S/C18H19F3N4O5S/c1-9(2)16-17(27)22-11-6-10(3)13(7-12(11)30-16)31(28,29)24-15(26)8-25-5-4-14(23-25)18(19,20)21/h4-7,9,16H,8H2,1-3H3,(H,22,27)(H,24,26). The van der Waals surface area contributed by atoms with E-state index in [4.69, 9.17) is 4.74 Å². The highest BCUT2D eigenvalue weighted by Gasteiger charge is 2.34. The Kier molecular flexibility index (Phi) is 5.74. The van der Waals surface area contributed by atoms with E-state index >= 15 is 0 Å². The Morgan fingerprint density at radius 3 is 2.61 bits per heavy atom. The highest BCUT2D eigenvalue weighted by molar-refractivity contribution is 7.90. The third-order valence-electron chi connectivity index (χ3n) is 4.43. The number of sulfonamides is 1. The number of halogens is 3. The fraction of sp³-hybridized carbons (Fsp3) is 0.389. The summed E-state index contributed by atoms with van der Waals surface area (Å²) in [7, 11) is -4.37. The Morgan fingerprint density at radius 1 is 1.35 bits per heavy atom. The molecule has 0 radical (unpaired) electrons. The number of hydrogen-bond donors (Lipinski definition) is 2. The van der Waals surface area contributed by atoms with Crippen molar-refractivity contribution in [1.82, 2.24) is 14.5 Å². The van der Waals surface area contributed by atoms with Crippen molar-refractivity contribution in [2.75, 3.05) is 5.32 Å². The molecule has 0 saturated heterocycles. The van der Waals surface area contributed by atoms with Crippen molar-refractivity contribution in [3.63, 3.8) is 0 Å². The van der Waals surface area contributed by atoms with Crippen LogP contribution in [0.4, 0.5) is 18.9 Å². The van der Waals surface area contributed by atoms with Crippen molar-refractivity contribution < 1.29 is 35.9 Å². The molecular formula is C18H19F3N4O5S. The van der Waals surface area contributed by atoms with Gasteiger partial charge in [-0.3, -0.25) is 14.3 Å². The van der Waals surface area contributed by atoms with Gasteiger partial charge in [-0.15, -0.1) is 0 Å². The molecule has 1 aliphatic heterocycles. The van der Waals surface area contributed by atoms with Crippen LogP contribution in [0.2, 0.25) is 0 Å². The summed E-state index contributed by atoms with van der Waals surface area (Å²) in [5.74, 6) is -1.49. The molecule has 2 N–H and O–H groups in total. The quantitative estimate of drug-likeness (QED) is 0.705. The summed E-state index contributed by atoms with van der Waals surface area (Å²) < 4.78 is 71.3. The maximum Gasteiger partial charge on any atom is 0.435 e. The first kappa shape index (κ1) is 22.6. The third kappa shape index (κ3) is 4.81. The minimum Gasteiger partial charge on any atom is -0.478 e. The minimum atomic E-state index is -4.68. The van der Waals surface area contributed by atoms with E-state index in [9.17, 15) is 31.2 Å². The number of carbonyl (C=O) groups is 2. The van der Waals surface area contributed by atoms with Gasteiger partial charge in [0.2, 0.25) is 0 Å². The number of fused-ring (bicyclic) bond motifs is 1.